The summed E-state index contributed by atoms with van der Waals surface area (Å²) >= 11 is 6.04. The molecule has 2 aromatic heterocycles. The minimum Gasteiger partial charge on any atom is -0.371 e. The Morgan fingerprint density at radius 1 is 0.805 bits per heavy atom. The van der Waals surface area contributed by atoms with Crippen LogP contribution < -0.4 is 15.5 Å². The number of piperazine rings is 1. The number of nitrogens with zero attached hydrogens (tertiary/aromatic N) is 7. The van der Waals surface area contributed by atoms with E-state index in [0.29, 0.717) is 28.6 Å². The molecule has 212 valence electrons. The Bertz CT molecular complexity index is 1470. The van der Waals surface area contributed by atoms with Gasteiger partial charge < -0.3 is 20.4 Å². The molecular weight excluding hydrogens is 541 g/mol. The Morgan fingerprint density at radius 3 is 2.27 bits per heavy atom. The van der Waals surface area contributed by atoms with Crippen LogP contribution in [0.4, 0.5) is 33.3 Å². The van der Waals surface area contributed by atoms with Crippen molar-refractivity contribution in [1.82, 2.24) is 29.7 Å². The minimum atomic E-state index is -0.443. The maximum Gasteiger partial charge on any atom is 0.229 e. The molecule has 9 nitrogen and oxygen atoms in total. The number of nitrogens with one attached hydrogen (secondary N) is 2. The van der Waals surface area contributed by atoms with Crippen LogP contribution in [-0.4, -0.2) is 82.1 Å². The molecule has 0 unspecified atom stereocenters. The summed E-state index contributed by atoms with van der Waals surface area (Å²) in [6.45, 7) is 6.87. The van der Waals surface area contributed by atoms with E-state index in [2.05, 4.69) is 76.6 Å². The summed E-state index contributed by atoms with van der Waals surface area (Å²) < 4.78 is 14.3. The molecule has 11 heteroatoms. The van der Waals surface area contributed by atoms with E-state index < -0.39 is 5.82 Å². The second-order valence-corrected chi connectivity index (χ2v) is 10.9. The van der Waals surface area contributed by atoms with Crippen LogP contribution in [0.25, 0.3) is 11.4 Å². The van der Waals surface area contributed by atoms with Crippen molar-refractivity contribution in [3.05, 3.63) is 77.8 Å². The number of piperidine rings is 1. The van der Waals surface area contributed by atoms with Crippen LogP contribution in [0.5, 0.6) is 0 Å². The van der Waals surface area contributed by atoms with Crippen LogP contribution in [-0.2, 0) is 0 Å². The summed E-state index contributed by atoms with van der Waals surface area (Å²) in [6, 6.07) is 16.8. The molecule has 2 fully saturated rings. The molecule has 2 aromatic carbocycles. The van der Waals surface area contributed by atoms with Gasteiger partial charge >= 0.3 is 0 Å². The van der Waals surface area contributed by atoms with Crippen LogP contribution in [0.3, 0.4) is 0 Å². The van der Waals surface area contributed by atoms with Crippen molar-refractivity contribution in [3.8, 4) is 11.4 Å². The molecule has 2 saturated heterocycles. The maximum atomic E-state index is 14.3. The van der Waals surface area contributed by atoms with E-state index in [9.17, 15) is 4.39 Å². The van der Waals surface area contributed by atoms with E-state index in [4.69, 9.17) is 11.6 Å². The van der Waals surface area contributed by atoms with E-state index >= 15 is 0 Å². The van der Waals surface area contributed by atoms with Gasteiger partial charge in [0.2, 0.25) is 5.95 Å². The molecule has 0 saturated carbocycles. The van der Waals surface area contributed by atoms with Crippen molar-refractivity contribution in [2.75, 3.05) is 61.8 Å². The fraction of sp³-hybridized carbons (Fsp3) is 0.333. The monoisotopic (exact) mass is 573 g/mol. The number of likely N-dealkylation sites (N-methyl/N-ethyl adjacent to an activating group) is 1. The number of hydrogen-bond acceptors (Lipinski definition) is 9. The van der Waals surface area contributed by atoms with Crippen LogP contribution in [0.15, 0.2) is 67.0 Å². The minimum absolute atomic E-state index is 0.228. The summed E-state index contributed by atoms with van der Waals surface area (Å²) in [5.74, 6) is 1.25. The zero-order valence-electron chi connectivity index (χ0n) is 23.0. The topological polar surface area (TPSA) is 85.3 Å². The Morgan fingerprint density at radius 2 is 1.51 bits per heavy atom. The van der Waals surface area contributed by atoms with Gasteiger partial charge in [0.15, 0.2) is 5.82 Å². The molecule has 2 aliphatic rings. The molecule has 2 N–H and O–H groups in total. The summed E-state index contributed by atoms with van der Waals surface area (Å²) in [5, 5.41) is 6.83. The fourth-order valence-corrected chi connectivity index (χ4v) is 5.58. The quantitative estimate of drug-likeness (QED) is 0.300. The first-order valence-corrected chi connectivity index (χ1v) is 14.3. The summed E-state index contributed by atoms with van der Waals surface area (Å²) in [5.41, 5.74) is 2.37. The summed E-state index contributed by atoms with van der Waals surface area (Å²) in [6.07, 6.45) is 5.63. The first-order valence-electron chi connectivity index (χ1n) is 13.9. The molecule has 0 atom stereocenters. The van der Waals surface area contributed by atoms with Crippen LogP contribution in [0, 0.1) is 5.82 Å². The van der Waals surface area contributed by atoms with E-state index in [1.807, 2.05) is 0 Å². The van der Waals surface area contributed by atoms with E-state index in [-0.39, 0.29) is 11.4 Å². The van der Waals surface area contributed by atoms with Gasteiger partial charge in [0, 0.05) is 74.1 Å². The van der Waals surface area contributed by atoms with Gasteiger partial charge in [0.05, 0.1) is 5.56 Å². The van der Waals surface area contributed by atoms with Gasteiger partial charge in [-0.25, -0.2) is 19.3 Å². The molecular formula is C30H33ClFN9. The van der Waals surface area contributed by atoms with Gasteiger partial charge in [0.1, 0.15) is 17.5 Å². The maximum absolute atomic E-state index is 14.3. The molecule has 41 heavy (non-hydrogen) atoms. The number of rotatable bonds is 7. The van der Waals surface area contributed by atoms with Crippen molar-refractivity contribution >= 4 is 40.6 Å². The van der Waals surface area contributed by atoms with Gasteiger partial charge in [-0.05, 0) is 74.5 Å². The predicted molar refractivity (Wildman–Crippen MR) is 162 cm³/mol. The van der Waals surface area contributed by atoms with E-state index in [1.165, 1.54) is 62.9 Å². The number of halogens is 2. The second-order valence-electron chi connectivity index (χ2n) is 10.5. The van der Waals surface area contributed by atoms with Crippen LogP contribution in [0.2, 0.25) is 5.02 Å². The zero-order chi connectivity index (χ0) is 28.2. The van der Waals surface area contributed by atoms with E-state index in [0.717, 1.165) is 18.8 Å². The number of anilines is 5. The Balaban J connectivity index is 1.06. The molecule has 0 radical (unpaired) electrons. The van der Waals surface area contributed by atoms with Gasteiger partial charge in [-0.3, -0.25) is 4.90 Å². The SMILES string of the molecule is CN1CCN(C2CCN(c3ccc(Nc4nccc(Nc5ccnc(-c6cc(Cl)ccc6F)n5)n4)cc3)CC2)CC1. The second kappa shape index (κ2) is 12.3. The molecule has 4 aromatic rings. The zero-order valence-corrected chi connectivity index (χ0v) is 23.7. The van der Waals surface area contributed by atoms with Gasteiger partial charge in [-0.1, -0.05) is 11.6 Å². The first kappa shape index (κ1) is 27.3. The third-order valence-corrected chi connectivity index (χ3v) is 7.98. The average Bonchev–Trinajstić information content (AvgIpc) is 3.00. The summed E-state index contributed by atoms with van der Waals surface area (Å²) in [7, 11) is 2.21. The van der Waals surface area contributed by atoms with Crippen molar-refractivity contribution < 1.29 is 4.39 Å². The van der Waals surface area contributed by atoms with Crippen molar-refractivity contribution in [2.45, 2.75) is 18.9 Å². The Kier molecular flexibility index (Phi) is 8.22. The van der Waals surface area contributed by atoms with Gasteiger partial charge in [-0.15, -0.1) is 0 Å². The molecule has 2 aliphatic heterocycles. The highest BCUT2D eigenvalue weighted by atomic mass is 35.5. The van der Waals surface area contributed by atoms with Crippen molar-refractivity contribution in [2.24, 2.45) is 0 Å². The fourth-order valence-electron chi connectivity index (χ4n) is 5.41. The average molecular weight is 574 g/mol. The number of benzene rings is 2. The summed E-state index contributed by atoms with van der Waals surface area (Å²) in [4.78, 5) is 25.1. The normalized spacial score (nSPS) is 17.0. The highest BCUT2D eigenvalue weighted by Crippen LogP contribution is 2.27. The highest BCUT2D eigenvalue weighted by molar-refractivity contribution is 6.30. The third kappa shape index (κ3) is 6.73. The number of aromatic nitrogens is 4. The third-order valence-electron chi connectivity index (χ3n) is 7.74. The standard InChI is InChI=1S/C30H33ClFN9/c1-39-16-18-41(19-17-39)24-10-14-40(15-11-24)23-5-3-22(4-6-23)35-30-34-13-9-28(38-30)36-27-8-12-33-29(37-27)25-20-21(31)2-7-26(25)32/h2-9,12-13,20,24H,10-11,14-19H2,1H3,(H2,33,34,35,36,37,38). The van der Waals surface area contributed by atoms with Crippen molar-refractivity contribution in [1.29, 1.82) is 0 Å². The van der Waals surface area contributed by atoms with Crippen LogP contribution in [0.1, 0.15) is 12.8 Å². The van der Waals surface area contributed by atoms with Gasteiger partial charge in [0.25, 0.3) is 0 Å². The molecule has 0 bridgehead atoms. The first-order chi connectivity index (χ1) is 20.0. The highest BCUT2D eigenvalue weighted by Gasteiger charge is 2.26. The predicted octanol–water partition coefficient (Wildman–Crippen LogP) is 5.43. The molecule has 4 heterocycles. The molecule has 0 amide bonds. The molecule has 0 aliphatic carbocycles. The smallest absolute Gasteiger partial charge is 0.229 e. The molecule has 6 rings (SSSR count). The molecule has 0 spiro atoms. The van der Waals surface area contributed by atoms with Gasteiger partial charge in [-0.2, -0.15) is 4.98 Å². The lowest BCUT2D eigenvalue weighted by atomic mass is 10.0. The van der Waals surface area contributed by atoms with Crippen LogP contribution >= 0.6 is 11.6 Å². The van der Waals surface area contributed by atoms with Crippen molar-refractivity contribution in [3.63, 3.8) is 0 Å². The van der Waals surface area contributed by atoms with E-state index in [1.54, 1.807) is 24.5 Å². The largest absolute Gasteiger partial charge is 0.371 e. The lowest BCUT2D eigenvalue weighted by Crippen LogP contribution is -2.52. The Hall–Kier alpha value is -3.86. The Labute approximate surface area is 244 Å². The number of hydrogen-bond donors (Lipinski definition) is 2. The lowest BCUT2D eigenvalue weighted by Gasteiger charge is -2.42. The lowest BCUT2D eigenvalue weighted by molar-refractivity contribution is 0.0982.